The molecular weight excluding hydrogens is 308 g/mol. The number of methoxy groups -OCH3 is 1. The summed E-state index contributed by atoms with van der Waals surface area (Å²) in [7, 11) is 1.31. The molecule has 1 spiro atoms. The van der Waals surface area contributed by atoms with Gasteiger partial charge >= 0.3 is 5.97 Å². The molecule has 1 fully saturated rings. The maximum absolute atomic E-state index is 12.6. The number of nitrogens with zero attached hydrogens (tertiary/aromatic N) is 2. The molecule has 0 aromatic carbocycles. The highest BCUT2D eigenvalue weighted by Crippen LogP contribution is 2.33. The van der Waals surface area contributed by atoms with Crippen LogP contribution in [0.3, 0.4) is 0 Å². The summed E-state index contributed by atoms with van der Waals surface area (Å²) in [6.45, 7) is 4.17. The molecule has 6 heteroatoms. The van der Waals surface area contributed by atoms with Gasteiger partial charge in [-0.3, -0.25) is 9.78 Å². The SMILES string of the molecule is COC(=O)c1ccc(C(=O)N2CCC3(C=C(C)CCO3)CC2)nc1. The standard InChI is InChI=1S/C18H22N2O4/c1-13-5-10-24-18(11-13)6-8-20(9-7-18)16(21)15-4-3-14(12-19-15)17(22)23-2/h3-4,11-12H,5-10H2,1-2H3. The molecule has 0 radical (unpaired) electrons. The molecule has 6 nitrogen and oxygen atoms in total. The molecule has 128 valence electrons. The summed E-state index contributed by atoms with van der Waals surface area (Å²) in [5.74, 6) is -0.573. The average molecular weight is 330 g/mol. The highest BCUT2D eigenvalue weighted by Gasteiger charge is 2.37. The van der Waals surface area contributed by atoms with Gasteiger partial charge in [0.15, 0.2) is 0 Å². The number of aromatic nitrogens is 1. The van der Waals surface area contributed by atoms with Crippen molar-refractivity contribution in [1.29, 1.82) is 0 Å². The van der Waals surface area contributed by atoms with Crippen molar-refractivity contribution in [3.05, 3.63) is 41.2 Å². The molecule has 1 aromatic rings. The van der Waals surface area contributed by atoms with Crippen molar-refractivity contribution in [2.75, 3.05) is 26.8 Å². The van der Waals surface area contributed by atoms with Crippen LogP contribution in [0, 0.1) is 0 Å². The Kier molecular flexibility index (Phi) is 4.66. The second kappa shape index (κ2) is 6.73. The number of likely N-dealkylation sites (tertiary alicyclic amines) is 1. The first-order valence-corrected chi connectivity index (χ1v) is 8.19. The number of ether oxygens (including phenoxy) is 2. The lowest BCUT2D eigenvalue weighted by Crippen LogP contribution is -2.48. The van der Waals surface area contributed by atoms with Gasteiger partial charge in [-0.25, -0.2) is 4.79 Å². The summed E-state index contributed by atoms with van der Waals surface area (Å²) in [6.07, 6.45) is 6.19. The summed E-state index contributed by atoms with van der Waals surface area (Å²) in [5, 5.41) is 0. The van der Waals surface area contributed by atoms with Gasteiger partial charge in [-0.05, 0) is 38.3 Å². The van der Waals surface area contributed by atoms with Crippen LogP contribution in [0.15, 0.2) is 30.0 Å². The predicted molar refractivity (Wildman–Crippen MR) is 87.8 cm³/mol. The topological polar surface area (TPSA) is 68.7 Å². The van der Waals surface area contributed by atoms with Gasteiger partial charge in [0.1, 0.15) is 5.69 Å². The molecule has 1 aromatic heterocycles. The molecule has 1 saturated heterocycles. The summed E-state index contributed by atoms with van der Waals surface area (Å²) in [6, 6.07) is 3.13. The van der Waals surface area contributed by atoms with Crippen molar-refractivity contribution in [2.45, 2.75) is 31.8 Å². The van der Waals surface area contributed by atoms with E-state index in [-0.39, 0.29) is 11.5 Å². The summed E-state index contributed by atoms with van der Waals surface area (Å²) >= 11 is 0. The van der Waals surface area contributed by atoms with Gasteiger partial charge in [0, 0.05) is 19.3 Å². The molecule has 0 aliphatic carbocycles. The number of carbonyl (C=O) groups excluding carboxylic acids is 2. The highest BCUT2D eigenvalue weighted by molar-refractivity contribution is 5.94. The molecule has 0 unspecified atom stereocenters. The van der Waals surface area contributed by atoms with E-state index in [4.69, 9.17) is 4.74 Å². The number of piperidine rings is 1. The Labute approximate surface area is 141 Å². The minimum Gasteiger partial charge on any atom is -0.465 e. The van der Waals surface area contributed by atoms with E-state index in [0.717, 1.165) is 25.9 Å². The molecule has 2 aliphatic rings. The zero-order valence-electron chi connectivity index (χ0n) is 14.1. The van der Waals surface area contributed by atoms with Gasteiger partial charge in [-0.2, -0.15) is 0 Å². The van der Waals surface area contributed by atoms with Crippen LogP contribution >= 0.6 is 0 Å². The molecule has 0 atom stereocenters. The second-order valence-electron chi connectivity index (χ2n) is 6.37. The maximum atomic E-state index is 12.6. The second-order valence-corrected chi connectivity index (χ2v) is 6.37. The lowest BCUT2D eigenvalue weighted by atomic mass is 9.87. The van der Waals surface area contributed by atoms with E-state index in [1.54, 1.807) is 17.0 Å². The molecule has 0 N–H and O–H groups in total. The quantitative estimate of drug-likeness (QED) is 0.614. The molecule has 0 saturated carbocycles. The monoisotopic (exact) mass is 330 g/mol. The van der Waals surface area contributed by atoms with Gasteiger partial charge in [0.2, 0.25) is 0 Å². The third-order valence-corrected chi connectivity index (χ3v) is 4.70. The van der Waals surface area contributed by atoms with Crippen molar-refractivity contribution in [3.63, 3.8) is 0 Å². The van der Waals surface area contributed by atoms with Crippen LogP contribution < -0.4 is 0 Å². The van der Waals surface area contributed by atoms with Gasteiger partial charge in [0.25, 0.3) is 5.91 Å². The Morgan fingerprint density at radius 3 is 2.62 bits per heavy atom. The lowest BCUT2D eigenvalue weighted by molar-refractivity contribution is -0.0522. The van der Waals surface area contributed by atoms with E-state index in [0.29, 0.717) is 24.3 Å². The van der Waals surface area contributed by atoms with Crippen molar-refractivity contribution in [2.24, 2.45) is 0 Å². The first kappa shape index (κ1) is 16.6. The van der Waals surface area contributed by atoms with Crippen LogP contribution in [0.2, 0.25) is 0 Å². The van der Waals surface area contributed by atoms with Crippen LogP contribution in [0.25, 0.3) is 0 Å². The first-order chi connectivity index (χ1) is 11.5. The van der Waals surface area contributed by atoms with Crippen LogP contribution in [0.1, 0.15) is 47.0 Å². The Morgan fingerprint density at radius 1 is 1.29 bits per heavy atom. The molecular formula is C18H22N2O4. The Hall–Kier alpha value is -2.21. The van der Waals surface area contributed by atoms with Crippen LogP contribution in [0.4, 0.5) is 0 Å². The lowest BCUT2D eigenvalue weighted by Gasteiger charge is -2.42. The minimum absolute atomic E-state index is 0.113. The van der Waals surface area contributed by atoms with Gasteiger partial charge in [0.05, 0.1) is 24.9 Å². The van der Waals surface area contributed by atoms with Crippen molar-refractivity contribution in [3.8, 4) is 0 Å². The Balaban J connectivity index is 1.65. The zero-order chi connectivity index (χ0) is 17.2. The minimum atomic E-state index is -0.460. The fourth-order valence-electron chi connectivity index (χ4n) is 3.28. The smallest absolute Gasteiger partial charge is 0.339 e. The van der Waals surface area contributed by atoms with Crippen LogP contribution in [-0.4, -0.2) is 54.2 Å². The van der Waals surface area contributed by atoms with Crippen molar-refractivity contribution < 1.29 is 19.1 Å². The molecule has 2 aliphatic heterocycles. The summed E-state index contributed by atoms with van der Waals surface area (Å²) in [5.41, 5.74) is 1.83. The fourth-order valence-corrected chi connectivity index (χ4v) is 3.28. The van der Waals surface area contributed by atoms with E-state index in [1.807, 2.05) is 0 Å². The number of hydrogen-bond acceptors (Lipinski definition) is 5. The number of hydrogen-bond donors (Lipinski definition) is 0. The fraction of sp³-hybridized carbons (Fsp3) is 0.500. The van der Waals surface area contributed by atoms with Crippen molar-refractivity contribution >= 4 is 11.9 Å². The Morgan fingerprint density at radius 2 is 2.04 bits per heavy atom. The van der Waals surface area contributed by atoms with Gasteiger partial charge in [-0.15, -0.1) is 0 Å². The number of esters is 1. The third kappa shape index (κ3) is 3.33. The van der Waals surface area contributed by atoms with Crippen molar-refractivity contribution in [1.82, 2.24) is 9.88 Å². The van der Waals surface area contributed by atoms with Gasteiger partial charge in [-0.1, -0.05) is 11.6 Å². The molecule has 0 bridgehead atoms. The number of pyridine rings is 1. The molecule has 3 heterocycles. The zero-order valence-corrected chi connectivity index (χ0v) is 14.1. The Bertz CT molecular complexity index is 658. The average Bonchev–Trinajstić information content (AvgIpc) is 2.61. The highest BCUT2D eigenvalue weighted by atomic mass is 16.5. The van der Waals surface area contributed by atoms with Gasteiger partial charge < -0.3 is 14.4 Å². The largest absolute Gasteiger partial charge is 0.465 e. The first-order valence-electron chi connectivity index (χ1n) is 8.19. The third-order valence-electron chi connectivity index (χ3n) is 4.70. The summed E-state index contributed by atoms with van der Waals surface area (Å²) < 4.78 is 10.6. The van der Waals surface area contributed by atoms with E-state index in [2.05, 4.69) is 22.7 Å². The normalized spacial score (nSPS) is 19.8. The van der Waals surface area contributed by atoms with E-state index in [9.17, 15) is 9.59 Å². The summed E-state index contributed by atoms with van der Waals surface area (Å²) in [4.78, 5) is 29.9. The maximum Gasteiger partial charge on any atom is 0.339 e. The van der Waals surface area contributed by atoms with E-state index < -0.39 is 5.97 Å². The van der Waals surface area contributed by atoms with Crippen LogP contribution in [-0.2, 0) is 9.47 Å². The number of amides is 1. The number of rotatable bonds is 2. The molecule has 24 heavy (non-hydrogen) atoms. The van der Waals surface area contributed by atoms with E-state index in [1.165, 1.54) is 18.9 Å². The molecule has 1 amide bonds. The molecule has 3 rings (SSSR count). The predicted octanol–water partition coefficient (Wildman–Crippen LogP) is 2.21. The van der Waals surface area contributed by atoms with Crippen LogP contribution in [0.5, 0.6) is 0 Å². The number of carbonyl (C=O) groups is 2. The van der Waals surface area contributed by atoms with E-state index >= 15 is 0 Å².